The molecule has 33 heavy (non-hydrogen) atoms. The van der Waals surface area contributed by atoms with E-state index in [-0.39, 0.29) is 5.91 Å². The van der Waals surface area contributed by atoms with Crippen LogP contribution < -0.4 is 10.6 Å². The highest BCUT2D eigenvalue weighted by Gasteiger charge is 2.06. The van der Waals surface area contributed by atoms with Crippen LogP contribution in [0.25, 0.3) is 17.3 Å². The van der Waals surface area contributed by atoms with E-state index in [4.69, 9.17) is 23.2 Å². The van der Waals surface area contributed by atoms with E-state index >= 15 is 0 Å². The lowest BCUT2D eigenvalue weighted by Crippen LogP contribution is -2.08. The highest BCUT2D eigenvalue weighted by molar-refractivity contribution is 6.35. The molecule has 1 aromatic heterocycles. The molecule has 164 valence electrons. The van der Waals surface area contributed by atoms with Gasteiger partial charge in [-0.05, 0) is 48.9 Å². The third-order valence-corrected chi connectivity index (χ3v) is 5.25. The van der Waals surface area contributed by atoms with E-state index in [2.05, 4.69) is 20.6 Å². The summed E-state index contributed by atoms with van der Waals surface area (Å²) < 4.78 is 0. The molecule has 0 aliphatic heterocycles. The average molecular weight is 475 g/mol. The average Bonchev–Trinajstić information content (AvgIpc) is 2.79. The third-order valence-electron chi connectivity index (χ3n) is 4.69. The molecular weight excluding hydrogens is 455 g/mol. The maximum atomic E-state index is 12.4. The van der Waals surface area contributed by atoms with Gasteiger partial charge < -0.3 is 10.6 Å². The van der Waals surface area contributed by atoms with Crippen molar-refractivity contribution in [3.05, 3.63) is 106 Å². The van der Waals surface area contributed by atoms with Gasteiger partial charge in [-0.25, -0.2) is 9.97 Å². The molecule has 0 saturated heterocycles. The first kappa shape index (κ1) is 22.5. The molecule has 0 aliphatic rings. The fraction of sp³-hybridized carbons (Fsp3) is 0.0385. The number of halogens is 2. The normalized spacial score (nSPS) is 10.9. The Kier molecular flexibility index (Phi) is 7.03. The van der Waals surface area contributed by atoms with Crippen molar-refractivity contribution in [3.63, 3.8) is 0 Å². The first-order chi connectivity index (χ1) is 16.0. The van der Waals surface area contributed by atoms with Crippen molar-refractivity contribution in [1.29, 1.82) is 0 Å². The summed E-state index contributed by atoms with van der Waals surface area (Å²) in [4.78, 5) is 21.4. The summed E-state index contributed by atoms with van der Waals surface area (Å²) in [6.07, 6.45) is 3.07. The Morgan fingerprint density at radius 2 is 1.67 bits per heavy atom. The topological polar surface area (TPSA) is 66.9 Å². The molecule has 4 rings (SSSR count). The zero-order chi connectivity index (χ0) is 23.2. The van der Waals surface area contributed by atoms with E-state index in [9.17, 15) is 4.79 Å². The maximum Gasteiger partial charge on any atom is 0.248 e. The molecular formula is C26H20Cl2N4O. The molecule has 0 atom stereocenters. The number of aryl methyl sites for hydroxylation is 1. The summed E-state index contributed by atoms with van der Waals surface area (Å²) in [6.45, 7) is 1.85. The number of carbonyl (C=O) groups is 1. The minimum Gasteiger partial charge on any atom is -0.340 e. The predicted octanol–water partition coefficient (Wildman–Crippen LogP) is 7.15. The van der Waals surface area contributed by atoms with Crippen LogP contribution in [0.3, 0.4) is 0 Å². The number of nitrogens with one attached hydrogen (secondary N) is 2. The molecule has 1 amide bonds. The molecule has 0 bridgehead atoms. The van der Waals surface area contributed by atoms with Crippen LogP contribution in [0, 0.1) is 6.92 Å². The summed E-state index contributed by atoms with van der Waals surface area (Å²) in [5.41, 5.74) is 3.99. The van der Waals surface area contributed by atoms with E-state index in [1.54, 1.807) is 24.3 Å². The number of benzene rings is 3. The van der Waals surface area contributed by atoms with Crippen LogP contribution >= 0.6 is 23.2 Å². The Morgan fingerprint density at radius 3 is 2.45 bits per heavy atom. The Morgan fingerprint density at radius 1 is 0.879 bits per heavy atom. The first-order valence-corrected chi connectivity index (χ1v) is 10.9. The van der Waals surface area contributed by atoms with Gasteiger partial charge in [0.1, 0.15) is 11.6 Å². The van der Waals surface area contributed by atoms with Crippen molar-refractivity contribution in [2.45, 2.75) is 6.92 Å². The van der Waals surface area contributed by atoms with Gasteiger partial charge in [0.25, 0.3) is 0 Å². The van der Waals surface area contributed by atoms with Gasteiger partial charge in [0, 0.05) is 39.1 Å². The van der Waals surface area contributed by atoms with Gasteiger partial charge in [-0.2, -0.15) is 0 Å². The number of hydrogen-bond acceptors (Lipinski definition) is 4. The van der Waals surface area contributed by atoms with Crippen LogP contribution in [-0.4, -0.2) is 15.9 Å². The van der Waals surface area contributed by atoms with Gasteiger partial charge >= 0.3 is 0 Å². The molecule has 0 spiro atoms. The summed E-state index contributed by atoms with van der Waals surface area (Å²) in [6, 6.07) is 24.3. The molecule has 1 heterocycles. The highest BCUT2D eigenvalue weighted by atomic mass is 35.5. The largest absolute Gasteiger partial charge is 0.340 e. The predicted molar refractivity (Wildman–Crippen MR) is 136 cm³/mol. The molecule has 0 aliphatic carbocycles. The van der Waals surface area contributed by atoms with E-state index < -0.39 is 0 Å². The Balaban J connectivity index is 1.46. The van der Waals surface area contributed by atoms with Crippen molar-refractivity contribution in [3.8, 4) is 11.3 Å². The molecule has 0 fully saturated rings. The van der Waals surface area contributed by atoms with Crippen molar-refractivity contribution in [2.24, 2.45) is 0 Å². The van der Waals surface area contributed by atoms with Gasteiger partial charge in [0.2, 0.25) is 5.91 Å². The molecule has 0 saturated carbocycles. The maximum absolute atomic E-state index is 12.4. The molecule has 3 aromatic carbocycles. The monoisotopic (exact) mass is 474 g/mol. The van der Waals surface area contributed by atoms with E-state index in [0.717, 1.165) is 16.9 Å². The number of amides is 1. The second kappa shape index (κ2) is 10.3. The first-order valence-electron chi connectivity index (χ1n) is 10.2. The smallest absolute Gasteiger partial charge is 0.248 e. The number of anilines is 3. The molecule has 7 heteroatoms. The van der Waals surface area contributed by atoms with Crippen molar-refractivity contribution >= 4 is 52.4 Å². The standard InChI is InChI=1S/C26H20Cl2N4O/c1-17-29-24(19-6-3-2-4-7-19)16-25(30-17)31-21-8-5-9-22(15-21)32-26(33)13-11-18-10-12-20(27)14-23(18)28/h2-16H,1H3,(H,32,33)(H,29,30,31)/b13-11+. The Hall–Kier alpha value is -3.67. The zero-order valence-corrected chi connectivity index (χ0v) is 19.2. The van der Waals surface area contributed by atoms with Gasteiger partial charge in [0.15, 0.2) is 0 Å². The highest BCUT2D eigenvalue weighted by Crippen LogP contribution is 2.24. The molecule has 5 nitrogen and oxygen atoms in total. The minimum atomic E-state index is -0.276. The number of aromatic nitrogens is 2. The quantitative estimate of drug-likeness (QED) is 0.291. The van der Waals surface area contributed by atoms with Crippen molar-refractivity contribution < 1.29 is 4.79 Å². The van der Waals surface area contributed by atoms with E-state index in [1.165, 1.54) is 6.08 Å². The van der Waals surface area contributed by atoms with E-state index in [0.29, 0.717) is 32.9 Å². The van der Waals surface area contributed by atoms with Crippen LogP contribution in [0.15, 0.2) is 84.9 Å². The van der Waals surface area contributed by atoms with Crippen LogP contribution in [0.2, 0.25) is 10.0 Å². The van der Waals surface area contributed by atoms with Crippen LogP contribution in [0.5, 0.6) is 0 Å². The summed E-state index contributed by atoms with van der Waals surface area (Å²) in [7, 11) is 0. The lowest BCUT2D eigenvalue weighted by atomic mass is 10.1. The molecule has 4 aromatic rings. The van der Waals surface area contributed by atoms with Crippen molar-refractivity contribution in [2.75, 3.05) is 10.6 Å². The fourth-order valence-electron chi connectivity index (χ4n) is 3.20. The van der Waals surface area contributed by atoms with Gasteiger partial charge in [0.05, 0.1) is 5.69 Å². The van der Waals surface area contributed by atoms with E-state index in [1.807, 2.05) is 67.6 Å². The Labute approximate surface area is 202 Å². The minimum absolute atomic E-state index is 0.276. The number of hydrogen-bond donors (Lipinski definition) is 2. The lowest BCUT2D eigenvalue weighted by molar-refractivity contribution is -0.111. The fourth-order valence-corrected chi connectivity index (χ4v) is 3.67. The number of nitrogens with zero attached hydrogens (tertiary/aromatic N) is 2. The molecule has 0 radical (unpaired) electrons. The van der Waals surface area contributed by atoms with Crippen LogP contribution in [0.1, 0.15) is 11.4 Å². The van der Waals surface area contributed by atoms with Crippen molar-refractivity contribution in [1.82, 2.24) is 9.97 Å². The lowest BCUT2D eigenvalue weighted by Gasteiger charge is -2.10. The third kappa shape index (κ3) is 6.19. The number of rotatable bonds is 6. The SMILES string of the molecule is Cc1nc(Nc2cccc(NC(=O)/C=C/c3ccc(Cl)cc3Cl)c2)cc(-c2ccccc2)n1. The molecule has 2 N–H and O–H groups in total. The second-order valence-corrected chi connectivity index (χ2v) is 8.09. The second-order valence-electron chi connectivity index (χ2n) is 7.25. The number of carbonyl (C=O) groups excluding carboxylic acids is 1. The van der Waals surface area contributed by atoms with Crippen LogP contribution in [-0.2, 0) is 4.79 Å². The van der Waals surface area contributed by atoms with Crippen LogP contribution in [0.4, 0.5) is 17.2 Å². The van der Waals surface area contributed by atoms with Gasteiger partial charge in [-0.1, -0.05) is 65.7 Å². The Bertz CT molecular complexity index is 1320. The zero-order valence-electron chi connectivity index (χ0n) is 17.7. The summed E-state index contributed by atoms with van der Waals surface area (Å²) >= 11 is 12.1. The van der Waals surface area contributed by atoms with Gasteiger partial charge in [-0.3, -0.25) is 4.79 Å². The van der Waals surface area contributed by atoms with Gasteiger partial charge in [-0.15, -0.1) is 0 Å². The summed E-state index contributed by atoms with van der Waals surface area (Å²) in [5.74, 6) is 1.05. The molecule has 0 unspecified atom stereocenters. The summed E-state index contributed by atoms with van der Waals surface area (Å²) in [5, 5.41) is 7.16.